The Morgan fingerprint density at radius 2 is 1.63 bits per heavy atom. The molecule has 0 atom stereocenters. The number of nitrogens with zero attached hydrogens (tertiary/aromatic N) is 1. The van der Waals surface area contributed by atoms with E-state index in [9.17, 15) is 0 Å². The molecule has 0 fully saturated rings. The Labute approximate surface area is 117 Å². The van der Waals surface area contributed by atoms with Gasteiger partial charge >= 0.3 is 0 Å². The third-order valence-corrected chi connectivity index (χ3v) is 3.42. The molecule has 1 aliphatic rings. The zero-order chi connectivity index (χ0) is 13.2. The maximum atomic E-state index is 6.08. The summed E-state index contributed by atoms with van der Waals surface area (Å²) in [6.07, 6.45) is 1.95. The molecule has 1 aliphatic heterocycles. The molecule has 0 amide bonds. The van der Waals surface area contributed by atoms with Crippen LogP contribution in [0, 0.1) is 0 Å². The number of halogens is 1. The Bertz CT molecular complexity index is 669. The number of hydrogen-bond donors (Lipinski definition) is 1. The summed E-state index contributed by atoms with van der Waals surface area (Å²) in [6, 6.07) is 15.8. The summed E-state index contributed by atoms with van der Waals surface area (Å²) in [7, 11) is 0. The van der Waals surface area contributed by atoms with Gasteiger partial charge in [0.15, 0.2) is 0 Å². The van der Waals surface area contributed by atoms with E-state index in [1.807, 2.05) is 48.5 Å². The van der Waals surface area contributed by atoms with Crippen molar-refractivity contribution in [2.45, 2.75) is 0 Å². The van der Waals surface area contributed by atoms with Crippen molar-refractivity contribution in [1.82, 2.24) is 0 Å². The van der Waals surface area contributed by atoms with Crippen molar-refractivity contribution in [2.24, 2.45) is 10.7 Å². The fourth-order valence-corrected chi connectivity index (χ4v) is 2.35. The molecular weight excluding hydrogens is 256 g/mol. The molecule has 2 aromatic rings. The van der Waals surface area contributed by atoms with Crippen LogP contribution >= 0.6 is 11.6 Å². The van der Waals surface area contributed by atoms with E-state index >= 15 is 0 Å². The van der Waals surface area contributed by atoms with Crippen LogP contribution in [-0.2, 0) is 0 Å². The molecular formula is C16H13ClN2. The Morgan fingerprint density at radius 3 is 2.37 bits per heavy atom. The van der Waals surface area contributed by atoms with Gasteiger partial charge in [-0.05, 0) is 18.2 Å². The minimum atomic E-state index is 0.596. The number of hydrogen-bond acceptors (Lipinski definition) is 2. The molecule has 19 heavy (non-hydrogen) atoms. The highest BCUT2D eigenvalue weighted by molar-refractivity contribution is 6.30. The van der Waals surface area contributed by atoms with Crippen LogP contribution in [0.2, 0.25) is 5.02 Å². The Hall–Kier alpha value is -2.06. The lowest BCUT2D eigenvalue weighted by Crippen LogP contribution is -2.07. The quantitative estimate of drug-likeness (QED) is 0.845. The van der Waals surface area contributed by atoms with Crippen LogP contribution in [0.1, 0.15) is 16.7 Å². The maximum absolute atomic E-state index is 6.08. The summed E-state index contributed by atoms with van der Waals surface area (Å²) in [5.41, 5.74) is 11.0. The molecule has 0 aromatic heterocycles. The highest BCUT2D eigenvalue weighted by Gasteiger charge is 2.14. The first-order chi connectivity index (χ1) is 9.25. The van der Waals surface area contributed by atoms with Crippen LogP contribution < -0.4 is 5.73 Å². The van der Waals surface area contributed by atoms with Gasteiger partial charge in [-0.25, -0.2) is 0 Å². The van der Waals surface area contributed by atoms with Crippen molar-refractivity contribution in [3.05, 3.63) is 76.3 Å². The Balaban J connectivity index is 2.16. The monoisotopic (exact) mass is 268 g/mol. The smallest absolute Gasteiger partial charge is 0.0729 e. The van der Waals surface area contributed by atoms with Crippen molar-refractivity contribution in [3.63, 3.8) is 0 Å². The second-order valence-corrected chi connectivity index (χ2v) is 4.84. The SMILES string of the molecule is NC1=CCN=C(c2ccc(Cl)cc2)c2ccccc21. The zero-order valence-corrected chi connectivity index (χ0v) is 11.1. The van der Waals surface area contributed by atoms with E-state index in [2.05, 4.69) is 11.1 Å². The van der Waals surface area contributed by atoms with Crippen molar-refractivity contribution >= 4 is 23.0 Å². The van der Waals surface area contributed by atoms with E-state index < -0.39 is 0 Å². The number of fused-ring (bicyclic) bond motifs is 1. The predicted octanol–water partition coefficient (Wildman–Crippen LogP) is 3.49. The number of rotatable bonds is 1. The third-order valence-electron chi connectivity index (χ3n) is 3.17. The van der Waals surface area contributed by atoms with Crippen molar-refractivity contribution in [1.29, 1.82) is 0 Å². The highest BCUT2D eigenvalue weighted by Crippen LogP contribution is 2.23. The molecule has 0 spiro atoms. The highest BCUT2D eigenvalue weighted by atomic mass is 35.5. The number of aliphatic imine (C=N–C) groups is 1. The van der Waals surface area contributed by atoms with Gasteiger partial charge in [0.1, 0.15) is 0 Å². The lowest BCUT2D eigenvalue weighted by atomic mass is 9.96. The van der Waals surface area contributed by atoms with Gasteiger partial charge in [-0.15, -0.1) is 0 Å². The summed E-state index contributed by atoms with van der Waals surface area (Å²) >= 11 is 5.94. The predicted molar refractivity (Wildman–Crippen MR) is 80.6 cm³/mol. The number of nitrogens with two attached hydrogens (primary N) is 1. The molecule has 0 unspecified atom stereocenters. The third kappa shape index (κ3) is 2.27. The van der Waals surface area contributed by atoms with E-state index in [1.165, 1.54) is 0 Å². The second kappa shape index (κ2) is 4.90. The summed E-state index contributed by atoms with van der Waals surface area (Å²) in [6.45, 7) is 0.596. The summed E-state index contributed by atoms with van der Waals surface area (Å²) in [5.74, 6) is 0. The van der Waals surface area contributed by atoms with Gasteiger partial charge in [0.2, 0.25) is 0 Å². The van der Waals surface area contributed by atoms with E-state index in [0.717, 1.165) is 33.1 Å². The Kier molecular flexibility index (Phi) is 3.10. The lowest BCUT2D eigenvalue weighted by molar-refractivity contribution is 1.25. The first-order valence-electron chi connectivity index (χ1n) is 6.11. The van der Waals surface area contributed by atoms with Crippen LogP contribution in [0.4, 0.5) is 0 Å². The molecule has 0 aliphatic carbocycles. The second-order valence-electron chi connectivity index (χ2n) is 4.40. The van der Waals surface area contributed by atoms with Gasteiger partial charge in [-0.3, -0.25) is 4.99 Å². The van der Waals surface area contributed by atoms with Gasteiger partial charge in [0.25, 0.3) is 0 Å². The molecule has 3 rings (SSSR count). The first-order valence-corrected chi connectivity index (χ1v) is 6.49. The number of benzene rings is 2. The maximum Gasteiger partial charge on any atom is 0.0729 e. The van der Waals surface area contributed by atoms with E-state index in [4.69, 9.17) is 17.3 Å². The minimum absolute atomic E-state index is 0.596. The van der Waals surface area contributed by atoms with E-state index in [0.29, 0.717) is 6.54 Å². The van der Waals surface area contributed by atoms with Crippen molar-refractivity contribution in [2.75, 3.05) is 6.54 Å². The van der Waals surface area contributed by atoms with Crippen molar-refractivity contribution in [3.8, 4) is 0 Å². The van der Waals surface area contributed by atoms with Crippen LogP contribution in [0.3, 0.4) is 0 Å². The Morgan fingerprint density at radius 1 is 0.947 bits per heavy atom. The molecule has 2 nitrogen and oxygen atoms in total. The standard InChI is InChI=1S/C16H13ClN2/c17-12-7-5-11(6-8-12)16-14-4-2-1-3-13(14)15(18)9-10-19-16/h1-9H,10,18H2. The normalized spacial score (nSPS) is 14.2. The molecule has 0 radical (unpaired) electrons. The topological polar surface area (TPSA) is 38.4 Å². The van der Waals surface area contributed by atoms with E-state index in [1.54, 1.807) is 0 Å². The fraction of sp³-hybridized carbons (Fsp3) is 0.0625. The van der Waals surface area contributed by atoms with Crippen LogP contribution in [0.15, 0.2) is 59.6 Å². The van der Waals surface area contributed by atoms with Gasteiger partial charge in [0.05, 0.1) is 12.3 Å². The summed E-state index contributed by atoms with van der Waals surface area (Å²) < 4.78 is 0. The fourth-order valence-electron chi connectivity index (χ4n) is 2.23. The molecule has 2 aromatic carbocycles. The molecule has 3 heteroatoms. The lowest BCUT2D eigenvalue weighted by Gasteiger charge is -2.10. The van der Waals surface area contributed by atoms with Crippen molar-refractivity contribution < 1.29 is 0 Å². The molecule has 94 valence electrons. The minimum Gasteiger partial charge on any atom is -0.398 e. The van der Waals surface area contributed by atoms with Crippen LogP contribution in [-0.4, -0.2) is 12.3 Å². The van der Waals surface area contributed by atoms with Gasteiger partial charge in [0, 0.05) is 27.4 Å². The van der Waals surface area contributed by atoms with Gasteiger partial charge in [-0.2, -0.15) is 0 Å². The summed E-state index contributed by atoms with van der Waals surface area (Å²) in [5, 5.41) is 0.726. The van der Waals surface area contributed by atoms with Crippen LogP contribution in [0.5, 0.6) is 0 Å². The molecule has 0 saturated carbocycles. The van der Waals surface area contributed by atoms with Gasteiger partial charge in [-0.1, -0.05) is 48.0 Å². The van der Waals surface area contributed by atoms with E-state index in [-0.39, 0.29) is 0 Å². The average molecular weight is 269 g/mol. The zero-order valence-electron chi connectivity index (χ0n) is 10.3. The average Bonchev–Trinajstić information content (AvgIpc) is 2.60. The first kappa shape index (κ1) is 12.0. The summed E-state index contributed by atoms with van der Waals surface area (Å²) in [4.78, 5) is 4.63. The molecule has 2 N–H and O–H groups in total. The molecule has 1 heterocycles. The largest absolute Gasteiger partial charge is 0.398 e. The van der Waals surface area contributed by atoms with Crippen LogP contribution in [0.25, 0.3) is 5.70 Å². The van der Waals surface area contributed by atoms with Gasteiger partial charge < -0.3 is 5.73 Å². The molecule has 0 saturated heterocycles. The molecule has 0 bridgehead atoms.